The standard InChI is InChI=1S/C23H27N3O2/c27-23(28)20-9-7-17-26(18-20)16-6-2-3-8-19-12-14-22(15-13-19)25-24-21-10-4-1-5-11-21/h1,3-5,8,10-15,20H,2,6-7,9,16-18H2,(H,27,28). The Kier molecular flexibility index (Phi) is 7.50. The van der Waals surface area contributed by atoms with Crippen LogP contribution < -0.4 is 0 Å². The lowest BCUT2D eigenvalue weighted by atomic mass is 9.98. The predicted octanol–water partition coefficient (Wildman–Crippen LogP) is 5.69. The largest absolute Gasteiger partial charge is 0.481 e. The number of hydrogen-bond donors (Lipinski definition) is 1. The van der Waals surface area contributed by atoms with E-state index in [9.17, 15) is 4.79 Å². The van der Waals surface area contributed by atoms with Crippen molar-refractivity contribution in [2.24, 2.45) is 16.1 Å². The van der Waals surface area contributed by atoms with Crippen molar-refractivity contribution in [3.63, 3.8) is 0 Å². The first-order chi connectivity index (χ1) is 13.7. The Bertz CT molecular complexity index is 800. The van der Waals surface area contributed by atoms with E-state index in [4.69, 9.17) is 5.11 Å². The molecule has 5 nitrogen and oxygen atoms in total. The molecule has 28 heavy (non-hydrogen) atoms. The lowest BCUT2D eigenvalue weighted by molar-refractivity contribution is -0.143. The normalized spacial score (nSPS) is 18.1. The van der Waals surface area contributed by atoms with Crippen LogP contribution in [0, 0.1) is 5.92 Å². The summed E-state index contributed by atoms with van der Waals surface area (Å²) in [5, 5.41) is 17.6. The molecule has 0 radical (unpaired) electrons. The minimum atomic E-state index is -0.656. The summed E-state index contributed by atoms with van der Waals surface area (Å²) in [6, 6.07) is 17.7. The van der Waals surface area contributed by atoms with Gasteiger partial charge < -0.3 is 10.0 Å². The Morgan fingerprint density at radius 3 is 2.50 bits per heavy atom. The summed E-state index contributed by atoms with van der Waals surface area (Å²) < 4.78 is 0. The van der Waals surface area contributed by atoms with Crippen molar-refractivity contribution in [1.29, 1.82) is 0 Å². The van der Waals surface area contributed by atoms with Crippen molar-refractivity contribution in [3.05, 3.63) is 66.2 Å². The molecule has 2 aromatic rings. The van der Waals surface area contributed by atoms with Crippen LogP contribution in [-0.2, 0) is 4.79 Å². The smallest absolute Gasteiger partial charge is 0.307 e. The fourth-order valence-electron chi connectivity index (χ4n) is 3.37. The molecular weight excluding hydrogens is 350 g/mol. The lowest BCUT2D eigenvalue weighted by Gasteiger charge is -2.30. The highest BCUT2D eigenvalue weighted by atomic mass is 16.4. The zero-order chi connectivity index (χ0) is 19.6. The van der Waals surface area contributed by atoms with Gasteiger partial charge in [0.15, 0.2) is 0 Å². The molecule has 0 aliphatic carbocycles. The molecular formula is C23H27N3O2. The van der Waals surface area contributed by atoms with Crippen LogP contribution in [0.5, 0.6) is 0 Å². The molecule has 1 heterocycles. The average molecular weight is 377 g/mol. The van der Waals surface area contributed by atoms with Crippen molar-refractivity contribution in [2.75, 3.05) is 19.6 Å². The van der Waals surface area contributed by atoms with Crippen LogP contribution in [0.4, 0.5) is 11.4 Å². The number of carboxylic acid groups (broad SMARTS) is 1. The molecule has 1 unspecified atom stereocenters. The molecule has 1 N–H and O–H groups in total. The molecule has 2 aromatic carbocycles. The summed E-state index contributed by atoms with van der Waals surface area (Å²) in [6.07, 6.45) is 8.14. The molecule has 0 aromatic heterocycles. The van der Waals surface area contributed by atoms with Crippen LogP contribution >= 0.6 is 0 Å². The van der Waals surface area contributed by atoms with Crippen LogP contribution in [0.15, 0.2) is 70.9 Å². The Morgan fingerprint density at radius 1 is 1.07 bits per heavy atom. The Morgan fingerprint density at radius 2 is 1.79 bits per heavy atom. The second kappa shape index (κ2) is 10.5. The third kappa shape index (κ3) is 6.43. The molecule has 1 aliphatic heterocycles. The van der Waals surface area contributed by atoms with E-state index in [1.165, 1.54) is 0 Å². The highest BCUT2D eigenvalue weighted by Gasteiger charge is 2.24. The fraction of sp³-hybridized carbons (Fsp3) is 0.348. The van der Waals surface area contributed by atoms with E-state index in [2.05, 4.69) is 27.3 Å². The molecule has 0 spiro atoms. The number of benzene rings is 2. The molecule has 146 valence electrons. The van der Waals surface area contributed by atoms with Gasteiger partial charge in [0, 0.05) is 6.54 Å². The second-order valence-electron chi connectivity index (χ2n) is 7.15. The van der Waals surface area contributed by atoms with E-state index in [0.717, 1.165) is 55.7 Å². The quantitative estimate of drug-likeness (QED) is 0.474. The number of rotatable bonds is 8. The maximum atomic E-state index is 11.1. The van der Waals surface area contributed by atoms with Gasteiger partial charge in [-0.15, -0.1) is 0 Å². The van der Waals surface area contributed by atoms with Gasteiger partial charge in [0.1, 0.15) is 0 Å². The molecule has 1 aliphatic rings. The van der Waals surface area contributed by atoms with Gasteiger partial charge in [-0.25, -0.2) is 0 Å². The van der Waals surface area contributed by atoms with Crippen molar-refractivity contribution < 1.29 is 9.90 Å². The number of likely N-dealkylation sites (tertiary alicyclic amines) is 1. The van der Waals surface area contributed by atoms with Gasteiger partial charge in [0.05, 0.1) is 17.3 Å². The molecule has 0 bridgehead atoms. The second-order valence-corrected chi connectivity index (χ2v) is 7.15. The first-order valence-corrected chi connectivity index (χ1v) is 9.89. The number of unbranched alkanes of at least 4 members (excludes halogenated alkanes) is 1. The molecule has 0 amide bonds. The van der Waals surface area contributed by atoms with Gasteiger partial charge >= 0.3 is 5.97 Å². The highest BCUT2D eigenvalue weighted by molar-refractivity contribution is 5.70. The van der Waals surface area contributed by atoms with Crippen LogP contribution in [-0.4, -0.2) is 35.6 Å². The zero-order valence-electron chi connectivity index (χ0n) is 16.1. The summed E-state index contributed by atoms with van der Waals surface area (Å²) in [4.78, 5) is 13.4. The minimum absolute atomic E-state index is 0.193. The van der Waals surface area contributed by atoms with E-state index in [-0.39, 0.29) is 5.92 Å². The first kappa shape index (κ1) is 20.0. The van der Waals surface area contributed by atoms with Crippen LogP contribution in [0.2, 0.25) is 0 Å². The monoisotopic (exact) mass is 377 g/mol. The highest BCUT2D eigenvalue weighted by Crippen LogP contribution is 2.19. The Labute approximate surface area is 166 Å². The summed E-state index contributed by atoms with van der Waals surface area (Å²) in [7, 11) is 0. The Balaban J connectivity index is 1.40. The lowest BCUT2D eigenvalue weighted by Crippen LogP contribution is -2.39. The van der Waals surface area contributed by atoms with Crippen LogP contribution in [0.3, 0.4) is 0 Å². The molecule has 1 fully saturated rings. The Hall–Kier alpha value is -2.79. The maximum absolute atomic E-state index is 11.1. The molecule has 1 atom stereocenters. The topological polar surface area (TPSA) is 65.3 Å². The number of hydrogen-bond acceptors (Lipinski definition) is 4. The number of azo groups is 1. The van der Waals surface area contributed by atoms with Crippen molar-refractivity contribution in [1.82, 2.24) is 4.90 Å². The summed E-state index contributed by atoms with van der Waals surface area (Å²) in [5.41, 5.74) is 2.82. The zero-order valence-corrected chi connectivity index (χ0v) is 16.1. The number of aliphatic carboxylic acids is 1. The maximum Gasteiger partial charge on any atom is 0.307 e. The molecule has 0 saturated carbocycles. The van der Waals surface area contributed by atoms with Gasteiger partial charge in [0.2, 0.25) is 0 Å². The van der Waals surface area contributed by atoms with E-state index in [1.807, 2.05) is 54.6 Å². The SMILES string of the molecule is O=C(O)C1CCCN(CCCC=Cc2ccc(N=Nc3ccccc3)cc2)C1. The van der Waals surface area contributed by atoms with Crippen molar-refractivity contribution in [2.45, 2.75) is 25.7 Å². The summed E-state index contributed by atoms with van der Waals surface area (Å²) >= 11 is 0. The minimum Gasteiger partial charge on any atom is -0.481 e. The number of carbonyl (C=O) groups is 1. The van der Waals surface area contributed by atoms with E-state index in [0.29, 0.717) is 6.54 Å². The molecule has 3 rings (SSSR count). The van der Waals surface area contributed by atoms with Gasteiger partial charge in [-0.2, -0.15) is 10.2 Å². The number of piperidine rings is 1. The van der Waals surface area contributed by atoms with Crippen LogP contribution in [0.1, 0.15) is 31.2 Å². The molecule has 1 saturated heterocycles. The van der Waals surface area contributed by atoms with Gasteiger partial charge in [-0.3, -0.25) is 4.79 Å². The van der Waals surface area contributed by atoms with Crippen LogP contribution in [0.25, 0.3) is 6.08 Å². The van der Waals surface area contributed by atoms with E-state index >= 15 is 0 Å². The van der Waals surface area contributed by atoms with Gasteiger partial charge in [0.25, 0.3) is 0 Å². The average Bonchev–Trinajstić information content (AvgIpc) is 2.74. The van der Waals surface area contributed by atoms with Crippen molar-refractivity contribution in [3.8, 4) is 0 Å². The van der Waals surface area contributed by atoms with Gasteiger partial charge in [-0.1, -0.05) is 42.5 Å². The fourth-order valence-corrected chi connectivity index (χ4v) is 3.37. The summed E-state index contributed by atoms with van der Waals surface area (Å²) in [5.74, 6) is -0.849. The predicted molar refractivity (Wildman–Crippen MR) is 112 cm³/mol. The van der Waals surface area contributed by atoms with E-state index < -0.39 is 5.97 Å². The number of allylic oxidation sites excluding steroid dienone is 1. The van der Waals surface area contributed by atoms with Gasteiger partial charge in [-0.05, 0) is 68.6 Å². The molecule has 5 heteroatoms. The summed E-state index contributed by atoms with van der Waals surface area (Å²) in [6.45, 7) is 2.68. The number of carboxylic acids is 1. The van der Waals surface area contributed by atoms with E-state index in [1.54, 1.807) is 0 Å². The third-order valence-corrected chi connectivity index (χ3v) is 4.94. The third-order valence-electron chi connectivity index (χ3n) is 4.94. The van der Waals surface area contributed by atoms with Crippen molar-refractivity contribution >= 4 is 23.4 Å². The first-order valence-electron chi connectivity index (χ1n) is 9.89. The number of nitrogens with zero attached hydrogens (tertiary/aromatic N) is 3.